The van der Waals surface area contributed by atoms with Gasteiger partial charge in [-0.15, -0.1) is 0 Å². The zero-order chi connectivity index (χ0) is 14.5. The van der Waals surface area contributed by atoms with Crippen molar-refractivity contribution in [2.75, 3.05) is 12.8 Å². The molecular formula is C14H17N3O3. The van der Waals surface area contributed by atoms with Crippen LogP contribution in [0.25, 0.3) is 0 Å². The van der Waals surface area contributed by atoms with Gasteiger partial charge in [0.05, 0.1) is 13.3 Å². The Hall–Kier alpha value is -2.50. The number of carbonyl (C=O) groups excluding carboxylic acids is 1. The zero-order valence-electron chi connectivity index (χ0n) is 11.5. The number of esters is 1. The number of hydrogen-bond donors (Lipinski definition) is 1. The second kappa shape index (κ2) is 6.10. The van der Waals surface area contributed by atoms with E-state index in [0.717, 1.165) is 12.1 Å². The average Bonchev–Trinajstić information content (AvgIpc) is 2.92. The summed E-state index contributed by atoms with van der Waals surface area (Å²) in [4.78, 5) is 12.0. The van der Waals surface area contributed by atoms with Gasteiger partial charge in [0.15, 0.2) is 0 Å². The van der Waals surface area contributed by atoms with Gasteiger partial charge in [-0.05, 0) is 25.1 Å². The maximum absolute atomic E-state index is 12.0. The van der Waals surface area contributed by atoms with Crippen molar-refractivity contribution in [2.45, 2.75) is 20.1 Å². The highest BCUT2D eigenvalue weighted by Crippen LogP contribution is 2.22. The van der Waals surface area contributed by atoms with Crippen molar-refractivity contribution >= 4 is 11.7 Å². The summed E-state index contributed by atoms with van der Waals surface area (Å²) in [6, 6.07) is 4.85. The zero-order valence-corrected chi connectivity index (χ0v) is 11.5. The number of hydrogen-bond acceptors (Lipinski definition) is 5. The van der Waals surface area contributed by atoms with E-state index in [2.05, 4.69) is 5.10 Å². The summed E-state index contributed by atoms with van der Waals surface area (Å²) in [6.45, 7) is 2.92. The van der Waals surface area contributed by atoms with Gasteiger partial charge in [0.1, 0.15) is 17.9 Å². The first kappa shape index (κ1) is 13.9. The fourth-order valence-corrected chi connectivity index (χ4v) is 1.77. The van der Waals surface area contributed by atoms with Crippen LogP contribution in [0.1, 0.15) is 22.8 Å². The molecule has 106 valence electrons. The van der Waals surface area contributed by atoms with Gasteiger partial charge in [0.25, 0.3) is 0 Å². The van der Waals surface area contributed by atoms with E-state index in [4.69, 9.17) is 15.2 Å². The quantitative estimate of drug-likeness (QED) is 0.665. The molecule has 1 heterocycles. The lowest BCUT2D eigenvalue weighted by Crippen LogP contribution is -2.07. The van der Waals surface area contributed by atoms with Crippen LogP contribution in [0.4, 0.5) is 5.69 Å². The van der Waals surface area contributed by atoms with Crippen LogP contribution in [0, 0.1) is 0 Å². The fraction of sp³-hybridized carbons (Fsp3) is 0.286. The number of anilines is 1. The maximum atomic E-state index is 12.0. The molecule has 0 unspecified atom stereocenters. The Balaban J connectivity index is 2.06. The third-order valence-electron chi connectivity index (χ3n) is 2.82. The van der Waals surface area contributed by atoms with Crippen LogP contribution in [-0.4, -0.2) is 22.9 Å². The average molecular weight is 275 g/mol. The van der Waals surface area contributed by atoms with E-state index in [0.29, 0.717) is 17.0 Å². The van der Waals surface area contributed by atoms with Crippen LogP contribution in [-0.2, 0) is 17.9 Å². The van der Waals surface area contributed by atoms with Gasteiger partial charge in [-0.3, -0.25) is 4.68 Å². The van der Waals surface area contributed by atoms with E-state index >= 15 is 0 Å². The lowest BCUT2D eigenvalue weighted by atomic mass is 10.2. The molecule has 2 N–H and O–H groups in total. The summed E-state index contributed by atoms with van der Waals surface area (Å²) >= 11 is 0. The van der Waals surface area contributed by atoms with Crippen molar-refractivity contribution in [3.63, 3.8) is 0 Å². The molecule has 0 saturated carbocycles. The van der Waals surface area contributed by atoms with E-state index in [1.54, 1.807) is 23.0 Å². The normalized spacial score (nSPS) is 10.3. The van der Waals surface area contributed by atoms with E-state index in [9.17, 15) is 4.79 Å². The summed E-state index contributed by atoms with van der Waals surface area (Å²) in [6.07, 6.45) is 3.51. The largest absolute Gasteiger partial charge is 0.496 e. The molecule has 0 aliphatic heterocycles. The lowest BCUT2D eigenvalue weighted by molar-refractivity contribution is 0.0469. The minimum absolute atomic E-state index is 0.163. The van der Waals surface area contributed by atoms with Crippen molar-refractivity contribution in [3.8, 4) is 5.75 Å². The van der Waals surface area contributed by atoms with Gasteiger partial charge in [-0.2, -0.15) is 5.10 Å². The molecule has 0 spiro atoms. The smallest absolute Gasteiger partial charge is 0.342 e. The van der Waals surface area contributed by atoms with Gasteiger partial charge < -0.3 is 15.2 Å². The minimum Gasteiger partial charge on any atom is -0.496 e. The van der Waals surface area contributed by atoms with Crippen molar-refractivity contribution in [3.05, 3.63) is 41.7 Å². The monoisotopic (exact) mass is 275 g/mol. The Morgan fingerprint density at radius 2 is 2.25 bits per heavy atom. The van der Waals surface area contributed by atoms with Gasteiger partial charge in [0.2, 0.25) is 0 Å². The second-order valence-corrected chi connectivity index (χ2v) is 4.24. The molecule has 20 heavy (non-hydrogen) atoms. The van der Waals surface area contributed by atoms with Crippen LogP contribution in [0.15, 0.2) is 30.6 Å². The molecule has 0 bridgehead atoms. The number of methoxy groups -OCH3 is 1. The first-order valence-electron chi connectivity index (χ1n) is 6.26. The van der Waals surface area contributed by atoms with Crippen molar-refractivity contribution in [2.24, 2.45) is 0 Å². The predicted octanol–water partition coefficient (Wildman–Crippen LogP) is 1.85. The molecule has 1 aromatic heterocycles. The first-order valence-corrected chi connectivity index (χ1v) is 6.26. The third-order valence-corrected chi connectivity index (χ3v) is 2.82. The van der Waals surface area contributed by atoms with Crippen LogP contribution < -0.4 is 10.5 Å². The van der Waals surface area contributed by atoms with E-state index in [1.807, 2.05) is 13.1 Å². The molecule has 0 fully saturated rings. The summed E-state index contributed by atoms with van der Waals surface area (Å²) in [5.74, 6) is -0.0353. The predicted molar refractivity (Wildman–Crippen MR) is 74.4 cm³/mol. The molecule has 0 aliphatic rings. The summed E-state index contributed by atoms with van der Waals surface area (Å²) in [5, 5.41) is 4.11. The van der Waals surface area contributed by atoms with E-state index in [-0.39, 0.29) is 6.61 Å². The van der Waals surface area contributed by atoms with Crippen LogP contribution in [0.5, 0.6) is 5.75 Å². The number of nitrogen functional groups attached to an aromatic ring is 1. The topological polar surface area (TPSA) is 79.4 Å². The maximum Gasteiger partial charge on any atom is 0.342 e. The second-order valence-electron chi connectivity index (χ2n) is 4.24. The molecule has 0 aliphatic carbocycles. The minimum atomic E-state index is -0.474. The van der Waals surface area contributed by atoms with Crippen molar-refractivity contribution < 1.29 is 14.3 Å². The molecule has 2 aromatic rings. The number of aromatic nitrogens is 2. The molecule has 6 nitrogen and oxygen atoms in total. The summed E-state index contributed by atoms with van der Waals surface area (Å²) in [7, 11) is 1.49. The molecule has 1 aromatic carbocycles. The van der Waals surface area contributed by atoms with Gasteiger partial charge >= 0.3 is 5.97 Å². The first-order chi connectivity index (χ1) is 9.63. The molecule has 0 radical (unpaired) electrons. The van der Waals surface area contributed by atoms with Gasteiger partial charge in [-0.1, -0.05) is 0 Å². The van der Waals surface area contributed by atoms with Crippen LogP contribution in [0.3, 0.4) is 0 Å². The number of ether oxygens (including phenoxy) is 2. The van der Waals surface area contributed by atoms with Gasteiger partial charge in [-0.25, -0.2) is 4.79 Å². The third kappa shape index (κ3) is 3.09. The standard InChI is InChI=1S/C14H17N3O3/c1-3-17-8-10(7-16-17)9-20-14(18)12-6-11(15)4-5-13(12)19-2/h4-8H,3,9,15H2,1-2H3. The Labute approximate surface area is 117 Å². The van der Waals surface area contributed by atoms with E-state index < -0.39 is 5.97 Å². The SMILES string of the molecule is CCn1cc(COC(=O)c2cc(N)ccc2OC)cn1. The van der Waals surface area contributed by atoms with E-state index in [1.165, 1.54) is 13.2 Å². The highest BCUT2D eigenvalue weighted by molar-refractivity contribution is 5.93. The van der Waals surface area contributed by atoms with Crippen molar-refractivity contribution in [1.82, 2.24) is 9.78 Å². The molecule has 0 saturated heterocycles. The number of benzene rings is 1. The highest BCUT2D eigenvalue weighted by atomic mass is 16.5. The molecule has 6 heteroatoms. The summed E-state index contributed by atoms with van der Waals surface area (Å²) in [5.41, 5.74) is 7.31. The Morgan fingerprint density at radius 3 is 2.90 bits per heavy atom. The number of carbonyl (C=O) groups is 1. The number of aryl methyl sites for hydroxylation is 1. The Kier molecular flexibility index (Phi) is 4.24. The molecule has 0 atom stereocenters. The highest BCUT2D eigenvalue weighted by Gasteiger charge is 2.14. The molecular weight excluding hydrogens is 258 g/mol. The van der Waals surface area contributed by atoms with Crippen molar-refractivity contribution in [1.29, 1.82) is 0 Å². The molecule has 2 rings (SSSR count). The Morgan fingerprint density at radius 1 is 1.45 bits per heavy atom. The summed E-state index contributed by atoms with van der Waals surface area (Å²) < 4.78 is 12.1. The Bertz CT molecular complexity index is 607. The number of nitrogens with zero attached hydrogens (tertiary/aromatic N) is 2. The fourth-order valence-electron chi connectivity index (χ4n) is 1.77. The van der Waals surface area contributed by atoms with Gasteiger partial charge in [0, 0.05) is 24.0 Å². The number of rotatable bonds is 5. The lowest BCUT2D eigenvalue weighted by Gasteiger charge is -2.08. The van der Waals surface area contributed by atoms with Crippen LogP contribution >= 0.6 is 0 Å². The number of nitrogens with two attached hydrogens (primary N) is 1. The molecule has 0 amide bonds. The van der Waals surface area contributed by atoms with Crippen LogP contribution in [0.2, 0.25) is 0 Å².